The first-order valence-electron chi connectivity index (χ1n) is 5.73. The van der Waals surface area contributed by atoms with Gasteiger partial charge in [0, 0.05) is 17.7 Å². The second kappa shape index (κ2) is 5.76. The Hall–Kier alpha value is -3.00. The lowest BCUT2D eigenvalue weighted by Crippen LogP contribution is -1.89. The number of non-ortho nitro benzene ring substituents is 1. The van der Waals surface area contributed by atoms with E-state index in [2.05, 4.69) is 0 Å². The third-order valence-electron chi connectivity index (χ3n) is 2.68. The molecule has 2 aromatic carbocycles. The first kappa shape index (κ1) is 13.4. The topological polar surface area (TPSA) is 66.9 Å². The Morgan fingerprint density at radius 3 is 2.65 bits per heavy atom. The Labute approximate surface area is 114 Å². The summed E-state index contributed by atoms with van der Waals surface area (Å²) in [6.07, 6.45) is 1.42. The summed E-state index contributed by atoms with van der Waals surface area (Å²) in [5.74, 6) is -0.509. The first-order valence-corrected chi connectivity index (χ1v) is 5.73. The SMILES string of the molecule is N#CC(=Cc1cccc([N+](=O)[O-])c1)c1ccccc1F. The fraction of sp³-hybridized carbons (Fsp3) is 0. The molecule has 0 N–H and O–H groups in total. The zero-order valence-electron chi connectivity index (χ0n) is 10.3. The van der Waals surface area contributed by atoms with E-state index in [-0.39, 0.29) is 16.8 Å². The zero-order chi connectivity index (χ0) is 14.5. The standard InChI is InChI=1S/C15H9FN2O2/c16-15-7-2-1-6-14(15)12(10-17)8-11-4-3-5-13(9-11)18(19)20/h1-9H. The molecule has 98 valence electrons. The zero-order valence-corrected chi connectivity index (χ0v) is 10.3. The van der Waals surface area contributed by atoms with Gasteiger partial charge in [-0.25, -0.2) is 4.39 Å². The number of hydrogen-bond donors (Lipinski definition) is 0. The maximum atomic E-state index is 13.6. The summed E-state index contributed by atoms with van der Waals surface area (Å²) in [5.41, 5.74) is 0.675. The monoisotopic (exact) mass is 268 g/mol. The first-order chi connectivity index (χ1) is 9.61. The molecule has 5 heteroatoms. The molecule has 20 heavy (non-hydrogen) atoms. The molecule has 0 aromatic heterocycles. The molecule has 2 rings (SSSR count). The lowest BCUT2D eigenvalue weighted by molar-refractivity contribution is -0.384. The van der Waals surface area contributed by atoms with Crippen molar-refractivity contribution in [2.75, 3.05) is 0 Å². The van der Waals surface area contributed by atoms with Crippen molar-refractivity contribution in [2.24, 2.45) is 0 Å². The van der Waals surface area contributed by atoms with Crippen LogP contribution in [0, 0.1) is 27.3 Å². The Balaban J connectivity index is 2.48. The minimum Gasteiger partial charge on any atom is -0.258 e. The number of benzene rings is 2. The summed E-state index contributed by atoms with van der Waals surface area (Å²) in [5, 5.41) is 19.8. The Morgan fingerprint density at radius 1 is 1.25 bits per heavy atom. The van der Waals surface area contributed by atoms with Gasteiger partial charge in [0.25, 0.3) is 5.69 Å². The average Bonchev–Trinajstić information content (AvgIpc) is 2.46. The number of allylic oxidation sites excluding steroid dienone is 1. The number of halogens is 1. The van der Waals surface area contributed by atoms with Crippen molar-refractivity contribution in [1.82, 2.24) is 0 Å². The van der Waals surface area contributed by atoms with E-state index >= 15 is 0 Å². The van der Waals surface area contributed by atoms with Crippen molar-refractivity contribution in [2.45, 2.75) is 0 Å². The van der Waals surface area contributed by atoms with Crippen LogP contribution < -0.4 is 0 Å². The van der Waals surface area contributed by atoms with E-state index in [1.165, 1.54) is 42.5 Å². The second-order valence-corrected chi connectivity index (χ2v) is 4.00. The number of nitro groups is 1. The minimum absolute atomic E-state index is 0.0791. The average molecular weight is 268 g/mol. The van der Waals surface area contributed by atoms with Crippen LogP contribution in [0.5, 0.6) is 0 Å². The number of nitrogens with zero attached hydrogens (tertiary/aromatic N) is 2. The predicted octanol–water partition coefficient (Wildman–Crippen LogP) is 3.80. The van der Waals surface area contributed by atoms with Crippen LogP contribution in [-0.2, 0) is 0 Å². The predicted molar refractivity (Wildman–Crippen MR) is 73.0 cm³/mol. The van der Waals surface area contributed by atoms with E-state index < -0.39 is 10.7 Å². The Bertz CT molecular complexity index is 733. The molecular formula is C15H9FN2O2. The highest BCUT2D eigenvalue weighted by molar-refractivity contribution is 5.89. The summed E-state index contributed by atoms with van der Waals surface area (Å²) in [7, 11) is 0. The van der Waals surface area contributed by atoms with Crippen LogP contribution in [0.4, 0.5) is 10.1 Å². The molecule has 0 spiro atoms. The van der Waals surface area contributed by atoms with E-state index in [1.54, 1.807) is 12.1 Å². The largest absolute Gasteiger partial charge is 0.270 e. The van der Waals surface area contributed by atoms with Crippen LogP contribution in [0.3, 0.4) is 0 Å². The molecule has 0 aliphatic carbocycles. The molecule has 2 aromatic rings. The van der Waals surface area contributed by atoms with Gasteiger partial charge in [0.1, 0.15) is 5.82 Å². The fourth-order valence-electron chi connectivity index (χ4n) is 1.74. The normalized spacial score (nSPS) is 10.9. The molecular weight excluding hydrogens is 259 g/mol. The van der Waals surface area contributed by atoms with Gasteiger partial charge in [-0.05, 0) is 17.7 Å². The molecule has 0 saturated heterocycles. The van der Waals surface area contributed by atoms with Crippen molar-refractivity contribution >= 4 is 17.3 Å². The molecule has 0 aliphatic heterocycles. The van der Waals surface area contributed by atoms with Gasteiger partial charge in [0.2, 0.25) is 0 Å². The molecule has 0 atom stereocenters. The summed E-state index contributed by atoms with van der Waals surface area (Å²) in [6.45, 7) is 0. The quantitative estimate of drug-likeness (QED) is 0.368. The summed E-state index contributed by atoms with van der Waals surface area (Å²) < 4.78 is 13.6. The van der Waals surface area contributed by atoms with Gasteiger partial charge < -0.3 is 0 Å². The van der Waals surface area contributed by atoms with Gasteiger partial charge in [-0.15, -0.1) is 0 Å². The maximum Gasteiger partial charge on any atom is 0.270 e. The molecule has 0 amide bonds. The number of hydrogen-bond acceptors (Lipinski definition) is 3. The molecule has 0 unspecified atom stereocenters. The molecule has 0 fully saturated rings. The smallest absolute Gasteiger partial charge is 0.258 e. The van der Waals surface area contributed by atoms with Gasteiger partial charge in [-0.2, -0.15) is 5.26 Å². The third kappa shape index (κ3) is 2.87. The van der Waals surface area contributed by atoms with E-state index in [1.807, 2.05) is 6.07 Å². The van der Waals surface area contributed by atoms with Crippen molar-refractivity contribution in [1.29, 1.82) is 5.26 Å². The van der Waals surface area contributed by atoms with Gasteiger partial charge in [0.05, 0.1) is 16.6 Å². The van der Waals surface area contributed by atoms with Crippen LogP contribution >= 0.6 is 0 Å². The lowest BCUT2D eigenvalue weighted by atomic mass is 10.0. The summed E-state index contributed by atoms with van der Waals surface area (Å²) in [6, 6.07) is 13.6. The van der Waals surface area contributed by atoms with Crippen molar-refractivity contribution in [3.8, 4) is 6.07 Å². The fourth-order valence-corrected chi connectivity index (χ4v) is 1.74. The molecule has 0 heterocycles. The highest BCUT2D eigenvalue weighted by Crippen LogP contribution is 2.22. The van der Waals surface area contributed by atoms with Gasteiger partial charge in [-0.1, -0.05) is 30.3 Å². The van der Waals surface area contributed by atoms with Crippen LogP contribution in [0.15, 0.2) is 48.5 Å². The summed E-state index contributed by atoms with van der Waals surface area (Å²) in [4.78, 5) is 10.2. The minimum atomic E-state index is -0.521. The molecule has 0 saturated carbocycles. The van der Waals surface area contributed by atoms with Crippen LogP contribution in [0.2, 0.25) is 0 Å². The van der Waals surface area contributed by atoms with Crippen molar-refractivity contribution in [3.05, 3.63) is 75.6 Å². The second-order valence-electron chi connectivity index (χ2n) is 4.00. The van der Waals surface area contributed by atoms with Gasteiger partial charge in [0.15, 0.2) is 0 Å². The molecule has 0 aliphatic rings. The lowest BCUT2D eigenvalue weighted by Gasteiger charge is -2.01. The summed E-state index contributed by atoms with van der Waals surface area (Å²) >= 11 is 0. The van der Waals surface area contributed by atoms with E-state index in [0.29, 0.717) is 5.56 Å². The Morgan fingerprint density at radius 2 is 2.00 bits per heavy atom. The highest BCUT2D eigenvalue weighted by Gasteiger charge is 2.08. The molecule has 0 radical (unpaired) electrons. The van der Waals surface area contributed by atoms with Crippen molar-refractivity contribution < 1.29 is 9.31 Å². The van der Waals surface area contributed by atoms with Gasteiger partial charge >= 0.3 is 0 Å². The highest BCUT2D eigenvalue weighted by atomic mass is 19.1. The third-order valence-corrected chi connectivity index (χ3v) is 2.68. The Kier molecular flexibility index (Phi) is 3.87. The van der Waals surface area contributed by atoms with Crippen molar-refractivity contribution in [3.63, 3.8) is 0 Å². The molecule has 4 nitrogen and oxygen atoms in total. The van der Waals surface area contributed by atoms with Gasteiger partial charge in [-0.3, -0.25) is 10.1 Å². The van der Waals surface area contributed by atoms with Crippen LogP contribution in [0.25, 0.3) is 11.6 Å². The maximum absolute atomic E-state index is 13.6. The number of rotatable bonds is 3. The molecule has 0 bridgehead atoms. The number of nitriles is 1. The van der Waals surface area contributed by atoms with E-state index in [0.717, 1.165) is 0 Å². The van der Waals surface area contributed by atoms with E-state index in [4.69, 9.17) is 5.26 Å². The van der Waals surface area contributed by atoms with Crippen LogP contribution in [0.1, 0.15) is 11.1 Å². The van der Waals surface area contributed by atoms with Crippen LogP contribution in [-0.4, -0.2) is 4.92 Å². The number of nitro benzene ring substituents is 1. The van der Waals surface area contributed by atoms with E-state index in [9.17, 15) is 14.5 Å².